The third-order valence-corrected chi connectivity index (χ3v) is 11.5. The summed E-state index contributed by atoms with van der Waals surface area (Å²) in [6, 6.07) is 7.65. The quantitative estimate of drug-likeness (QED) is 0.283. The van der Waals surface area contributed by atoms with Crippen molar-refractivity contribution < 1.29 is 34.5 Å². The van der Waals surface area contributed by atoms with Crippen LogP contribution in [0.5, 0.6) is 0 Å². The second-order valence-corrected chi connectivity index (χ2v) is 14.3. The van der Waals surface area contributed by atoms with Gasteiger partial charge in [-0.3, -0.25) is 33.4 Å². The Morgan fingerprint density at radius 1 is 0.955 bits per heavy atom. The number of carboxylic acid groups (broad SMARTS) is 3. The standard InChI is InChI=1S/C28H23N3O8S5/c1-13-8-16-18(9-14(13)2)42-19(29(16)6-5-20(32)33)10-15(17-4-3-7-41-17)23-25(38)30(11-21(34)35)27(43-23)24-26(39)31(12-22(36)37)28(40)44-24/h3-4,7-10H,5-6,11-12H2,1-2H3,(H,32,33)(H,34,35)(H,36,37)/b19-10-,23-15-,27-24-. The number of benzene rings is 1. The predicted molar refractivity (Wildman–Crippen MR) is 175 cm³/mol. The summed E-state index contributed by atoms with van der Waals surface area (Å²) < 4.78 is 1.21. The van der Waals surface area contributed by atoms with Crippen LogP contribution in [0, 0.1) is 13.8 Å². The van der Waals surface area contributed by atoms with Crippen LogP contribution in [0.25, 0.3) is 10.5 Å². The summed E-state index contributed by atoms with van der Waals surface area (Å²) in [7, 11) is 0. The number of fused-ring (bicyclic) bond motifs is 1. The molecule has 44 heavy (non-hydrogen) atoms. The maximum absolute atomic E-state index is 13.9. The molecule has 4 heterocycles. The second-order valence-electron chi connectivity index (χ2n) is 9.68. The van der Waals surface area contributed by atoms with E-state index in [9.17, 15) is 39.3 Å². The van der Waals surface area contributed by atoms with Gasteiger partial charge in [-0.25, -0.2) is 0 Å². The van der Waals surface area contributed by atoms with Gasteiger partial charge in [0.15, 0.2) is 0 Å². The summed E-state index contributed by atoms with van der Waals surface area (Å²) in [6.45, 7) is 2.74. The summed E-state index contributed by atoms with van der Waals surface area (Å²) in [4.78, 5) is 66.3. The predicted octanol–water partition coefficient (Wildman–Crippen LogP) is 2.85. The number of thiazole rings is 1. The zero-order valence-electron chi connectivity index (χ0n) is 23.1. The number of carbonyl (C=O) groups is 4. The number of allylic oxidation sites excluding steroid dienone is 1. The van der Waals surface area contributed by atoms with Crippen LogP contribution in [-0.4, -0.2) is 66.0 Å². The van der Waals surface area contributed by atoms with Crippen molar-refractivity contribution in [1.29, 1.82) is 0 Å². The molecule has 228 valence electrons. The van der Waals surface area contributed by atoms with E-state index in [0.29, 0.717) is 15.5 Å². The molecule has 0 saturated carbocycles. The molecular formula is C28H23N3O8S5. The minimum Gasteiger partial charge on any atom is -0.481 e. The van der Waals surface area contributed by atoms with Crippen molar-refractivity contribution in [3.8, 4) is 0 Å². The van der Waals surface area contributed by atoms with Crippen molar-refractivity contribution in [3.05, 3.63) is 76.3 Å². The van der Waals surface area contributed by atoms with Crippen LogP contribution in [0.3, 0.4) is 0 Å². The highest BCUT2D eigenvalue weighted by molar-refractivity contribution is 8.30. The van der Waals surface area contributed by atoms with E-state index < -0.39 is 42.5 Å². The summed E-state index contributed by atoms with van der Waals surface area (Å²) >= 11 is 9.77. The number of thiophene rings is 1. The van der Waals surface area contributed by atoms with Gasteiger partial charge < -0.3 is 20.2 Å². The number of hydrogen-bond acceptors (Lipinski definition) is 11. The highest BCUT2D eigenvalue weighted by atomic mass is 32.2. The number of carboxylic acids is 3. The van der Waals surface area contributed by atoms with Crippen LogP contribution in [0.1, 0.15) is 22.4 Å². The molecule has 2 aliphatic rings. The summed E-state index contributed by atoms with van der Waals surface area (Å²) in [5.41, 5.74) is 2.80. The van der Waals surface area contributed by atoms with E-state index in [1.165, 1.54) is 23.1 Å². The lowest BCUT2D eigenvalue weighted by molar-refractivity contribution is -0.140. The first-order valence-corrected chi connectivity index (χ1v) is 16.6. The van der Waals surface area contributed by atoms with E-state index in [1.807, 2.05) is 48.4 Å². The first kappa shape index (κ1) is 31.7. The number of carbonyl (C=O) groups excluding carboxylic acids is 1. The second kappa shape index (κ2) is 12.7. The molecule has 1 saturated heterocycles. The minimum absolute atomic E-state index is 0.0129. The lowest BCUT2D eigenvalue weighted by atomic mass is 10.1. The molecule has 3 aromatic rings. The lowest BCUT2D eigenvalue weighted by Gasteiger charge is -2.20. The van der Waals surface area contributed by atoms with Gasteiger partial charge >= 0.3 is 17.9 Å². The number of nitrogens with zero attached hydrogens (tertiary/aromatic N) is 3. The Kier molecular flexibility index (Phi) is 9.17. The Balaban J connectivity index is 1.78. The average Bonchev–Trinajstić information content (AvgIpc) is 3.71. The number of thioether (sulfide) groups is 2. The van der Waals surface area contributed by atoms with Crippen molar-refractivity contribution in [3.63, 3.8) is 0 Å². The van der Waals surface area contributed by atoms with Gasteiger partial charge in [0.1, 0.15) is 31.5 Å². The summed E-state index contributed by atoms with van der Waals surface area (Å²) in [5.74, 6) is -4.26. The van der Waals surface area contributed by atoms with E-state index in [-0.39, 0.29) is 31.4 Å². The van der Waals surface area contributed by atoms with Gasteiger partial charge in [-0.1, -0.05) is 41.8 Å². The zero-order valence-corrected chi connectivity index (χ0v) is 27.1. The first-order valence-electron chi connectivity index (χ1n) is 12.8. The van der Waals surface area contributed by atoms with Gasteiger partial charge in [-0.2, -0.15) is 0 Å². The van der Waals surface area contributed by atoms with E-state index >= 15 is 0 Å². The number of rotatable bonds is 9. The number of thiocarbonyl (C=S) groups is 1. The van der Waals surface area contributed by atoms with Crippen molar-refractivity contribution in [1.82, 2.24) is 9.47 Å². The van der Waals surface area contributed by atoms with Gasteiger partial charge in [0.25, 0.3) is 11.5 Å². The number of hydrogen-bond donors (Lipinski definition) is 3. The molecule has 2 aromatic heterocycles. The molecule has 0 bridgehead atoms. The van der Waals surface area contributed by atoms with Crippen molar-refractivity contribution in [2.75, 3.05) is 18.0 Å². The smallest absolute Gasteiger partial charge is 0.323 e. The van der Waals surface area contributed by atoms with Crippen molar-refractivity contribution >= 4 is 103 Å². The average molecular weight is 690 g/mol. The molecule has 1 aromatic carbocycles. The molecule has 1 fully saturated rings. The molecule has 0 aliphatic carbocycles. The largest absolute Gasteiger partial charge is 0.481 e. The van der Waals surface area contributed by atoms with Crippen molar-refractivity contribution in [2.24, 2.45) is 0 Å². The monoisotopic (exact) mass is 689 g/mol. The molecule has 16 heteroatoms. The van der Waals surface area contributed by atoms with Crippen LogP contribution in [0.4, 0.5) is 5.69 Å². The maximum atomic E-state index is 13.9. The minimum atomic E-state index is -1.30. The molecule has 0 spiro atoms. The van der Waals surface area contributed by atoms with E-state index in [4.69, 9.17) is 12.2 Å². The van der Waals surface area contributed by atoms with Crippen LogP contribution >= 0.6 is 58.4 Å². The molecule has 0 unspecified atom stereocenters. The Bertz CT molecular complexity index is 1960. The topological polar surface area (TPSA) is 157 Å². The molecule has 3 N–H and O–H groups in total. The first-order chi connectivity index (χ1) is 20.8. The van der Waals surface area contributed by atoms with E-state index in [2.05, 4.69) is 0 Å². The molecule has 1 amide bonds. The van der Waals surface area contributed by atoms with Gasteiger partial charge in [0.05, 0.1) is 17.1 Å². The zero-order chi connectivity index (χ0) is 31.9. The molecule has 5 rings (SSSR count). The lowest BCUT2D eigenvalue weighted by Crippen LogP contribution is -2.37. The Hall–Kier alpha value is -3.70. The molecule has 0 radical (unpaired) electrons. The van der Waals surface area contributed by atoms with Gasteiger partial charge in [0, 0.05) is 21.9 Å². The third-order valence-electron chi connectivity index (χ3n) is 6.71. The van der Waals surface area contributed by atoms with Crippen LogP contribution < -0.4 is 19.7 Å². The number of aliphatic carboxylic acids is 3. The van der Waals surface area contributed by atoms with Crippen LogP contribution in [0.2, 0.25) is 0 Å². The summed E-state index contributed by atoms with van der Waals surface area (Å²) in [5, 5.41) is 30.8. The number of aromatic nitrogens is 1. The SMILES string of the molecule is Cc1cc2c(cc1C)N(CCC(=O)O)/C(=C/C(c1cccs1)=c1/s/c(=C3\SC(=S)N(CC(=O)O)C3=O)n(CC(=O)O)c1=O)S2. The fraction of sp³-hybridized carbons (Fsp3) is 0.214. The van der Waals surface area contributed by atoms with E-state index in [0.717, 1.165) is 54.3 Å². The highest BCUT2D eigenvalue weighted by Gasteiger charge is 2.36. The number of anilines is 1. The normalized spacial score (nSPS) is 17.5. The highest BCUT2D eigenvalue weighted by Crippen LogP contribution is 2.48. The Morgan fingerprint density at radius 2 is 1.66 bits per heavy atom. The van der Waals surface area contributed by atoms with Crippen LogP contribution in [-0.2, 0) is 25.7 Å². The van der Waals surface area contributed by atoms with Crippen LogP contribution in [0.15, 0.2) is 50.4 Å². The molecular weight excluding hydrogens is 667 g/mol. The van der Waals surface area contributed by atoms with Gasteiger partial charge in [0.2, 0.25) is 0 Å². The fourth-order valence-corrected chi connectivity index (χ4v) is 9.14. The molecule has 0 atom stereocenters. The maximum Gasteiger partial charge on any atom is 0.323 e. The number of aryl methyl sites for hydroxylation is 2. The van der Waals surface area contributed by atoms with E-state index in [1.54, 1.807) is 6.08 Å². The van der Waals surface area contributed by atoms with Gasteiger partial charge in [-0.05, 0) is 54.6 Å². The molecule has 11 nitrogen and oxygen atoms in total. The molecule has 2 aliphatic heterocycles. The summed E-state index contributed by atoms with van der Waals surface area (Å²) in [6.07, 6.45) is 1.67. The van der Waals surface area contributed by atoms with Crippen molar-refractivity contribution in [2.45, 2.75) is 31.7 Å². The Morgan fingerprint density at radius 3 is 2.30 bits per heavy atom. The third kappa shape index (κ3) is 6.25. The number of amides is 1. The Labute approximate surface area is 271 Å². The fourth-order valence-electron chi connectivity index (χ4n) is 4.53. The van der Waals surface area contributed by atoms with Gasteiger partial charge in [-0.15, -0.1) is 22.7 Å².